The number of rotatable bonds is 4. The molecule has 5 rings (SSSR count). The van der Waals surface area contributed by atoms with Gasteiger partial charge in [-0.15, -0.1) is 0 Å². The van der Waals surface area contributed by atoms with Crippen LogP contribution in [0.15, 0.2) is 71.5 Å². The Kier molecular flexibility index (Phi) is 4.61. The van der Waals surface area contributed by atoms with Gasteiger partial charge in [0.05, 0.1) is 17.1 Å². The summed E-state index contributed by atoms with van der Waals surface area (Å²) in [6, 6.07) is 18.9. The van der Waals surface area contributed by atoms with Crippen molar-refractivity contribution in [1.29, 1.82) is 0 Å². The Labute approximate surface area is 172 Å². The maximum Gasteiger partial charge on any atom is 0.119 e. The van der Waals surface area contributed by atoms with Crippen molar-refractivity contribution in [3.05, 3.63) is 71.5 Å². The number of ether oxygens (including phenoxy) is 1. The lowest BCUT2D eigenvalue weighted by molar-refractivity contribution is 0.288. The number of anilines is 1. The van der Waals surface area contributed by atoms with Crippen molar-refractivity contribution in [3.63, 3.8) is 0 Å². The summed E-state index contributed by atoms with van der Waals surface area (Å²) in [7, 11) is 0. The SMILES string of the molecule is Brc1ccc(OC[C@@H]2CCCN2c2ccnc3c2ccc2cccnc23)cc1. The molecule has 28 heavy (non-hydrogen) atoms. The highest BCUT2D eigenvalue weighted by Gasteiger charge is 2.27. The molecule has 0 unspecified atom stereocenters. The molecule has 0 spiro atoms. The standard InChI is InChI=1S/C23H20BrN3O/c24-17-6-8-19(9-7-17)28-15-18-4-2-14-27(18)21-11-13-26-23-20(21)10-5-16-3-1-12-25-22(16)23/h1,3,5-13,18H,2,4,14-15H2/t18-/m0/s1. The number of hydrogen-bond acceptors (Lipinski definition) is 4. The van der Waals surface area contributed by atoms with E-state index in [1.54, 1.807) is 0 Å². The fraction of sp³-hybridized carbons (Fsp3) is 0.217. The summed E-state index contributed by atoms with van der Waals surface area (Å²) in [5, 5.41) is 2.28. The summed E-state index contributed by atoms with van der Waals surface area (Å²) in [5.74, 6) is 0.907. The maximum absolute atomic E-state index is 6.09. The predicted octanol–water partition coefficient (Wildman–Crippen LogP) is 5.59. The Morgan fingerprint density at radius 1 is 0.964 bits per heavy atom. The molecular weight excluding hydrogens is 414 g/mol. The Bertz CT molecular complexity index is 1130. The van der Waals surface area contributed by atoms with Crippen LogP contribution in [0.3, 0.4) is 0 Å². The second-order valence-electron chi connectivity index (χ2n) is 7.12. The van der Waals surface area contributed by atoms with Crippen LogP contribution in [0, 0.1) is 0 Å². The molecule has 0 saturated carbocycles. The summed E-state index contributed by atoms with van der Waals surface area (Å²) in [6.45, 7) is 1.71. The van der Waals surface area contributed by atoms with Crippen LogP contribution in [-0.2, 0) is 0 Å². The molecule has 3 heterocycles. The summed E-state index contributed by atoms with van der Waals surface area (Å²) in [4.78, 5) is 11.7. The van der Waals surface area contributed by atoms with Crippen molar-refractivity contribution < 1.29 is 4.74 Å². The van der Waals surface area contributed by atoms with Gasteiger partial charge >= 0.3 is 0 Å². The van der Waals surface area contributed by atoms with Crippen LogP contribution >= 0.6 is 15.9 Å². The molecule has 2 aromatic heterocycles. The smallest absolute Gasteiger partial charge is 0.119 e. The average Bonchev–Trinajstić information content (AvgIpc) is 3.21. The van der Waals surface area contributed by atoms with E-state index in [0.717, 1.165) is 45.0 Å². The molecule has 4 aromatic rings. The highest BCUT2D eigenvalue weighted by molar-refractivity contribution is 9.10. The lowest BCUT2D eigenvalue weighted by Gasteiger charge is -2.28. The second-order valence-corrected chi connectivity index (χ2v) is 8.04. The zero-order valence-corrected chi connectivity index (χ0v) is 17.0. The topological polar surface area (TPSA) is 38.2 Å². The zero-order chi connectivity index (χ0) is 18.9. The molecule has 1 aliphatic rings. The fourth-order valence-electron chi connectivity index (χ4n) is 4.04. The van der Waals surface area contributed by atoms with Crippen LogP contribution in [0.25, 0.3) is 21.8 Å². The van der Waals surface area contributed by atoms with Gasteiger partial charge in [-0.25, -0.2) is 0 Å². The molecule has 0 bridgehead atoms. The number of fused-ring (bicyclic) bond motifs is 3. The van der Waals surface area contributed by atoms with Gasteiger partial charge in [-0.05, 0) is 55.3 Å². The lowest BCUT2D eigenvalue weighted by atomic mass is 10.1. The molecule has 1 fully saturated rings. The highest BCUT2D eigenvalue weighted by Crippen LogP contribution is 2.34. The van der Waals surface area contributed by atoms with Crippen molar-refractivity contribution in [3.8, 4) is 5.75 Å². The molecule has 0 N–H and O–H groups in total. The number of nitrogens with zero attached hydrogens (tertiary/aromatic N) is 3. The Balaban J connectivity index is 1.46. The second kappa shape index (κ2) is 7.40. The van der Waals surface area contributed by atoms with E-state index in [9.17, 15) is 0 Å². The van der Waals surface area contributed by atoms with Gasteiger partial charge in [0, 0.05) is 39.9 Å². The fourth-order valence-corrected chi connectivity index (χ4v) is 4.30. The number of hydrogen-bond donors (Lipinski definition) is 0. The van der Waals surface area contributed by atoms with Crippen LogP contribution in [-0.4, -0.2) is 29.2 Å². The van der Waals surface area contributed by atoms with Crippen LogP contribution in [0.5, 0.6) is 5.75 Å². The Morgan fingerprint density at radius 3 is 2.71 bits per heavy atom. The van der Waals surface area contributed by atoms with Crippen molar-refractivity contribution in [1.82, 2.24) is 9.97 Å². The largest absolute Gasteiger partial charge is 0.491 e. The van der Waals surface area contributed by atoms with Crippen molar-refractivity contribution >= 4 is 43.4 Å². The molecule has 0 radical (unpaired) electrons. The molecule has 140 valence electrons. The maximum atomic E-state index is 6.09. The summed E-state index contributed by atoms with van der Waals surface area (Å²) in [6.07, 6.45) is 6.04. The van der Waals surface area contributed by atoms with Gasteiger partial charge in [-0.2, -0.15) is 0 Å². The number of pyridine rings is 2. The molecule has 0 amide bonds. The Morgan fingerprint density at radius 2 is 1.82 bits per heavy atom. The third-order valence-corrected chi connectivity index (χ3v) is 5.93. The molecule has 5 heteroatoms. The molecule has 1 atom stereocenters. The average molecular weight is 434 g/mol. The van der Waals surface area contributed by atoms with Crippen LogP contribution in [0.1, 0.15) is 12.8 Å². The summed E-state index contributed by atoms with van der Waals surface area (Å²) < 4.78 is 7.15. The molecule has 4 nitrogen and oxygen atoms in total. The predicted molar refractivity (Wildman–Crippen MR) is 117 cm³/mol. The quantitative estimate of drug-likeness (QED) is 0.393. The zero-order valence-electron chi connectivity index (χ0n) is 15.4. The van der Waals surface area contributed by atoms with E-state index in [1.807, 2.05) is 42.7 Å². The van der Waals surface area contributed by atoms with Crippen molar-refractivity contribution in [2.75, 3.05) is 18.1 Å². The van der Waals surface area contributed by atoms with Crippen LogP contribution < -0.4 is 9.64 Å². The van der Waals surface area contributed by atoms with Gasteiger partial charge in [-0.3, -0.25) is 9.97 Å². The van der Waals surface area contributed by atoms with Crippen LogP contribution in [0.4, 0.5) is 5.69 Å². The molecule has 1 saturated heterocycles. The molecular formula is C23H20BrN3O. The van der Waals surface area contributed by atoms with E-state index < -0.39 is 0 Å². The van der Waals surface area contributed by atoms with Gasteiger partial charge in [0.15, 0.2) is 0 Å². The van der Waals surface area contributed by atoms with Gasteiger partial charge < -0.3 is 9.64 Å². The number of halogens is 1. The first-order valence-corrected chi connectivity index (χ1v) is 10.4. The number of benzene rings is 2. The van der Waals surface area contributed by atoms with E-state index in [4.69, 9.17) is 4.74 Å². The Hall–Kier alpha value is -2.66. The van der Waals surface area contributed by atoms with E-state index in [0.29, 0.717) is 12.6 Å². The van der Waals surface area contributed by atoms with Gasteiger partial charge in [-0.1, -0.05) is 28.1 Å². The van der Waals surface area contributed by atoms with Gasteiger partial charge in [0.2, 0.25) is 0 Å². The minimum absolute atomic E-state index is 0.355. The first kappa shape index (κ1) is 17.4. The number of aromatic nitrogens is 2. The first-order valence-electron chi connectivity index (χ1n) is 9.57. The van der Waals surface area contributed by atoms with Crippen LogP contribution in [0.2, 0.25) is 0 Å². The molecule has 2 aromatic carbocycles. The van der Waals surface area contributed by atoms with E-state index in [-0.39, 0.29) is 0 Å². The lowest BCUT2D eigenvalue weighted by Crippen LogP contribution is -2.34. The summed E-state index contributed by atoms with van der Waals surface area (Å²) >= 11 is 3.47. The third-order valence-electron chi connectivity index (χ3n) is 5.40. The minimum Gasteiger partial charge on any atom is -0.491 e. The molecule has 0 aliphatic carbocycles. The van der Waals surface area contributed by atoms with E-state index in [1.165, 1.54) is 12.1 Å². The van der Waals surface area contributed by atoms with Gasteiger partial charge in [0.1, 0.15) is 12.4 Å². The van der Waals surface area contributed by atoms with Crippen molar-refractivity contribution in [2.45, 2.75) is 18.9 Å². The van der Waals surface area contributed by atoms with E-state index >= 15 is 0 Å². The normalized spacial score (nSPS) is 16.8. The van der Waals surface area contributed by atoms with E-state index in [2.05, 4.69) is 55.1 Å². The van der Waals surface area contributed by atoms with Crippen molar-refractivity contribution in [2.24, 2.45) is 0 Å². The first-order chi connectivity index (χ1) is 13.8. The molecule has 1 aliphatic heterocycles. The third kappa shape index (κ3) is 3.20. The van der Waals surface area contributed by atoms with Gasteiger partial charge in [0.25, 0.3) is 0 Å². The monoisotopic (exact) mass is 433 g/mol. The minimum atomic E-state index is 0.355. The highest BCUT2D eigenvalue weighted by atomic mass is 79.9. The summed E-state index contributed by atoms with van der Waals surface area (Å²) in [5.41, 5.74) is 3.15.